The van der Waals surface area contributed by atoms with Crippen LogP contribution in [0.15, 0.2) is 0 Å². The Hall–Kier alpha value is -0.570. The van der Waals surface area contributed by atoms with Gasteiger partial charge in [-0.2, -0.15) is 0 Å². The highest BCUT2D eigenvalue weighted by Crippen LogP contribution is 2.35. The van der Waals surface area contributed by atoms with Crippen molar-refractivity contribution in [2.45, 2.75) is 70.8 Å². The topological polar surface area (TPSA) is 46.3 Å². The molecule has 0 aromatic carbocycles. The standard InChI is InChI=1S/C16H30N2O/c1-2-3-4-13-5-7-14(8-6-13)16(19)18(12-11-17)15-9-10-15/h13-15H,2-12,17H2,1H3. The maximum absolute atomic E-state index is 12.6. The van der Waals surface area contributed by atoms with E-state index in [1.165, 1.54) is 44.9 Å². The Balaban J connectivity index is 1.77. The molecule has 0 atom stereocenters. The molecule has 2 rings (SSSR count). The fourth-order valence-electron chi connectivity index (χ4n) is 3.42. The predicted octanol–water partition coefficient (Wildman–Crippen LogP) is 2.93. The van der Waals surface area contributed by atoms with E-state index in [9.17, 15) is 4.79 Å². The van der Waals surface area contributed by atoms with Gasteiger partial charge in [-0.05, 0) is 44.4 Å². The van der Waals surface area contributed by atoms with Crippen LogP contribution in [0, 0.1) is 11.8 Å². The summed E-state index contributed by atoms with van der Waals surface area (Å²) in [6.07, 6.45) is 11.1. The molecule has 0 spiro atoms. The van der Waals surface area contributed by atoms with Crippen molar-refractivity contribution >= 4 is 5.91 Å². The molecule has 2 fully saturated rings. The molecule has 0 aliphatic heterocycles. The van der Waals surface area contributed by atoms with Gasteiger partial charge in [0.15, 0.2) is 0 Å². The van der Waals surface area contributed by atoms with Crippen LogP contribution >= 0.6 is 0 Å². The lowest BCUT2D eigenvalue weighted by molar-refractivity contribution is -0.137. The van der Waals surface area contributed by atoms with E-state index in [-0.39, 0.29) is 0 Å². The lowest BCUT2D eigenvalue weighted by Crippen LogP contribution is -2.41. The molecule has 19 heavy (non-hydrogen) atoms. The average molecular weight is 266 g/mol. The molecular weight excluding hydrogens is 236 g/mol. The van der Waals surface area contributed by atoms with Crippen molar-refractivity contribution in [2.24, 2.45) is 17.6 Å². The molecule has 2 aliphatic carbocycles. The van der Waals surface area contributed by atoms with Gasteiger partial charge in [0.05, 0.1) is 0 Å². The van der Waals surface area contributed by atoms with E-state index in [4.69, 9.17) is 5.73 Å². The maximum Gasteiger partial charge on any atom is 0.225 e. The highest BCUT2D eigenvalue weighted by molar-refractivity contribution is 5.79. The number of hydrogen-bond donors (Lipinski definition) is 1. The SMILES string of the molecule is CCCCC1CCC(C(=O)N(CCN)C2CC2)CC1. The zero-order chi connectivity index (χ0) is 13.7. The fourth-order valence-corrected chi connectivity index (χ4v) is 3.42. The second-order valence-corrected chi connectivity index (χ2v) is 6.41. The van der Waals surface area contributed by atoms with Crippen molar-refractivity contribution in [3.05, 3.63) is 0 Å². The lowest BCUT2D eigenvalue weighted by Gasteiger charge is -2.32. The Morgan fingerprint density at radius 3 is 2.37 bits per heavy atom. The van der Waals surface area contributed by atoms with Crippen molar-refractivity contribution in [1.82, 2.24) is 4.90 Å². The quantitative estimate of drug-likeness (QED) is 0.770. The average Bonchev–Trinajstić information content (AvgIpc) is 3.27. The monoisotopic (exact) mass is 266 g/mol. The molecule has 2 saturated carbocycles. The van der Waals surface area contributed by atoms with E-state index in [0.717, 1.165) is 25.3 Å². The molecule has 0 bridgehead atoms. The Morgan fingerprint density at radius 2 is 1.84 bits per heavy atom. The number of nitrogens with zero attached hydrogens (tertiary/aromatic N) is 1. The molecule has 3 nitrogen and oxygen atoms in total. The van der Waals surface area contributed by atoms with Gasteiger partial charge in [-0.1, -0.05) is 26.2 Å². The van der Waals surface area contributed by atoms with Crippen molar-refractivity contribution in [1.29, 1.82) is 0 Å². The minimum Gasteiger partial charge on any atom is -0.338 e. The lowest BCUT2D eigenvalue weighted by atomic mass is 9.79. The fraction of sp³-hybridized carbons (Fsp3) is 0.938. The molecule has 0 radical (unpaired) electrons. The van der Waals surface area contributed by atoms with Gasteiger partial charge in [0.25, 0.3) is 0 Å². The number of unbranched alkanes of at least 4 members (excludes halogenated alkanes) is 1. The van der Waals surface area contributed by atoms with Gasteiger partial charge in [0.1, 0.15) is 0 Å². The molecular formula is C16H30N2O. The van der Waals surface area contributed by atoms with Gasteiger partial charge in [0, 0.05) is 25.0 Å². The first-order valence-electron chi connectivity index (χ1n) is 8.26. The first-order chi connectivity index (χ1) is 9.26. The summed E-state index contributed by atoms with van der Waals surface area (Å²) in [4.78, 5) is 14.6. The van der Waals surface area contributed by atoms with Crippen molar-refractivity contribution in [3.8, 4) is 0 Å². The van der Waals surface area contributed by atoms with Gasteiger partial charge in [-0.3, -0.25) is 4.79 Å². The van der Waals surface area contributed by atoms with Crippen LogP contribution in [0.25, 0.3) is 0 Å². The molecule has 0 saturated heterocycles. The van der Waals surface area contributed by atoms with Gasteiger partial charge < -0.3 is 10.6 Å². The summed E-state index contributed by atoms with van der Waals surface area (Å²) in [6.45, 7) is 3.63. The zero-order valence-electron chi connectivity index (χ0n) is 12.4. The zero-order valence-corrected chi connectivity index (χ0v) is 12.4. The van der Waals surface area contributed by atoms with Crippen LogP contribution in [0.3, 0.4) is 0 Å². The second-order valence-electron chi connectivity index (χ2n) is 6.41. The number of carbonyl (C=O) groups is 1. The Bertz CT molecular complexity index is 280. The van der Waals surface area contributed by atoms with Crippen LogP contribution in [-0.2, 0) is 4.79 Å². The molecule has 1 amide bonds. The molecule has 110 valence electrons. The first kappa shape index (κ1) is 14.8. The van der Waals surface area contributed by atoms with E-state index in [1.54, 1.807) is 0 Å². The Morgan fingerprint density at radius 1 is 1.16 bits per heavy atom. The number of nitrogens with two attached hydrogens (primary N) is 1. The van der Waals surface area contributed by atoms with Gasteiger partial charge in [-0.15, -0.1) is 0 Å². The van der Waals surface area contributed by atoms with Gasteiger partial charge >= 0.3 is 0 Å². The highest BCUT2D eigenvalue weighted by atomic mass is 16.2. The second kappa shape index (κ2) is 7.28. The van der Waals surface area contributed by atoms with Crippen LogP contribution in [-0.4, -0.2) is 29.9 Å². The third-order valence-corrected chi connectivity index (χ3v) is 4.80. The maximum atomic E-state index is 12.6. The number of hydrogen-bond acceptors (Lipinski definition) is 2. The Kier molecular flexibility index (Phi) is 5.68. The summed E-state index contributed by atoms with van der Waals surface area (Å²) in [5.74, 6) is 1.58. The molecule has 2 aliphatic rings. The third-order valence-electron chi connectivity index (χ3n) is 4.80. The minimum absolute atomic E-state index is 0.296. The summed E-state index contributed by atoms with van der Waals surface area (Å²) in [6, 6.07) is 0.522. The molecule has 0 unspecified atom stereocenters. The normalized spacial score (nSPS) is 27.3. The van der Waals surface area contributed by atoms with Gasteiger partial charge in [0.2, 0.25) is 5.91 Å². The Labute approximate surface area is 117 Å². The summed E-state index contributed by atoms with van der Waals surface area (Å²) in [5.41, 5.74) is 5.65. The van der Waals surface area contributed by atoms with E-state index in [0.29, 0.717) is 24.4 Å². The number of rotatable bonds is 7. The van der Waals surface area contributed by atoms with E-state index in [1.807, 2.05) is 0 Å². The van der Waals surface area contributed by atoms with Crippen LogP contribution in [0.2, 0.25) is 0 Å². The third kappa shape index (κ3) is 4.20. The first-order valence-corrected chi connectivity index (χ1v) is 8.26. The number of carbonyl (C=O) groups excluding carboxylic acids is 1. The van der Waals surface area contributed by atoms with E-state index < -0.39 is 0 Å². The van der Waals surface area contributed by atoms with Crippen molar-refractivity contribution in [2.75, 3.05) is 13.1 Å². The van der Waals surface area contributed by atoms with Gasteiger partial charge in [-0.25, -0.2) is 0 Å². The van der Waals surface area contributed by atoms with Crippen molar-refractivity contribution < 1.29 is 4.79 Å². The predicted molar refractivity (Wildman–Crippen MR) is 78.8 cm³/mol. The van der Waals surface area contributed by atoms with Crippen LogP contribution in [0.4, 0.5) is 0 Å². The molecule has 2 N–H and O–H groups in total. The minimum atomic E-state index is 0.296. The smallest absolute Gasteiger partial charge is 0.225 e. The number of amides is 1. The van der Waals surface area contributed by atoms with E-state index in [2.05, 4.69) is 11.8 Å². The van der Waals surface area contributed by atoms with Crippen molar-refractivity contribution in [3.63, 3.8) is 0 Å². The van der Waals surface area contributed by atoms with Crippen LogP contribution in [0.5, 0.6) is 0 Å². The largest absolute Gasteiger partial charge is 0.338 e. The summed E-state index contributed by atoms with van der Waals surface area (Å²) < 4.78 is 0. The van der Waals surface area contributed by atoms with E-state index >= 15 is 0 Å². The highest BCUT2D eigenvalue weighted by Gasteiger charge is 2.36. The molecule has 0 aromatic rings. The summed E-state index contributed by atoms with van der Waals surface area (Å²) in [7, 11) is 0. The van der Waals surface area contributed by atoms with Crippen LogP contribution in [0.1, 0.15) is 64.7 Å². The summed E-state index contributed by atoms with van der Waals surface area (Å²) >= 11 is 0. The molecule has 0 heterocycles. The molecule has 3 heteroatoms. The summed E-state index contributed by atoms with van der Waals surface area (Å²) in [5, 5.41) is 0. The molecule has 0 aromatic heterocycles. The van der Waals surface area contributed by atoms with Crippen LogP contribution < -0.4 is 5.73 Å².